The Balaban J connectivity index is 1.48. The van der Waals surface area contributed by atoms with E-state index in [2.05, 4.69) is 42.5 Å². The van der Waals surface area contributed by atoms with Crippen molar-refractivity contribution in [1.29, 1.82) is 0 Å². The summed E-state index contributed by atoms with van der Waals surface area (Å²) in [6.07, 6.45) is 2.67. The van der Waals surface area contributed by atoms with Crippen LogP contribution in [0.5, 0.6) is 17.2 Å². The van der Waals surface area contributed by atoms with Crippen LogP contribution in [0, 0.1) is 5.41 Å². The molecule has 2 amide bonds. The first-order chi connectivity index (χ1) is 19.0. The number of amides is 2. The fraction of sp³-hybridized carbons (Fsp3) is 0.241. The molecule has 210 valence electrons. The van der Waals surface area contributed by atoms with Crippen molar-refractivity contribution in [2.24, 2.45) is 5.41 Å². The second-order valence-electron chi connectivity index (χ2n) is 9.81. The number of aromatic hydroxyl groups is 1. The summed E-state index contributed by atoms with van der Waals surface area (Å²) < 4.78 is 17.8. The fourth-order valence-electron chi connectivity index (χ4n) is 4.22. The van der Waals surface area contributed by atoms with Crippen LogP contribution in [0.2, 0.25) is 0 Å². The second kappa shape index (κ2) is 12.6. The van der Waals surface area contributed by atoms with Gasteiger partial charge < -0.3 is 30.4 Å². The summed E-state index contributed by atoms with van der Waals surface area (Å²) in [5.74, 6) is 0.775. The molecule has 0 spiro atoms. The van der Waals surface area contributed by atoms with Gasteiger partial charge in [-0.15, -0.1) is 0 Å². The van der Waals surface area contributed by atoms with E-state index in [1.807, 2.05) is 13.8 Å². The molecule has 1 atom stereocenters. The number of nitrogens with two attached hydrogens (primary N) is 1. The molecule has 0 aliphatic carbocycles. The van der Waals surface area contributed by atoms with E-state index in [-0.39, 0.29) is 18.4 Å². The third-order valence-corrected chi connectivity index (χ3v) is 7.40. The quantitative estimate of drug-likeness (QED) is 0.136. The molecule has 40 heavy (non-hydrogen) atoms. The van der Waals surface area contributed by atoms with E-state index in [1.54, 1.807) is 60.7 Å². The number of fused-ring (bicyclic) bond motifs is 1. The normalized spacial score (nSPS) is 13.2. The van der Waals surface area contributed by atoms with Gasteiger partial charge >= 0.3 is 6.09 Å². The number of para-hydroxylation sites is 2. The average molecular weight is 675 g/mol. The summed E-state index contributed by atoms with van der Waals surface area (Å²) in [5, 5.41) is 16.4. The van der Waals surface area contributed by atoms with Gasteiger partial charge in [0.25, 0.3) is 0 Å². The van der Waals surface area contributed by atoms with E-state index < -0.39 is 17.6 Å². The van der Waals surface area contributed by atoms with Crippen molar-refractivity contribution < 1.29 is 28.9 Å². The van der Waals surface area contributed by atoms with Crippen LogP contribution >= 0.6 is 31.9 Å². The summed E-state index contributed by atoms with van der Waals surface area (Å²) >= 11 is 6.82. The molecule has 0 bridgehead atoms. The van der Waals surface area contributed by atoms with E-state index in [9.17, 15) is 14.7 Å². The highest BCUT2D eigenvalue weighted by Crippen LogP contribution is 2.46. The van der Waals surface area contributed by atoms with Crippen LogP contribution in [-0.2, 0) is 9.53 Å². The number of anilines is 3. The molecule has 0 aromatic heterocycles. The molecule has 9 nitrogen and oxygen atoms in total. The Morgan fingerprint density at radius 1 is 1.10 bits per heavy atom. The summed E-state index contributed by atoms with van der Waals surface area (Å²) in [5.41, 5.74) is 7.14. The molecule has 0 fully saturated rings. The lowest BCUT2D eigenvalue weighted by Gasteiger charge is -2.34. The number of rotatable bonds is 9. The molecule has 0 saturated carbocycles. The Kier molecular flexibility index (Phi) is 9.26. The number of phenols is 1. The van der Waals surface area contributed by atoms with Crippen molar-refractivity contribution >= 4 is 60.9 Å². The zero-order valence-electron chi connectivity index (χ0n) is 21.9. The van der Waals surface area contributed by atoms with Gasteiger partial charge in [0.1, 0.15) is 11.9 Å². The van der Waals surface area contributed by atoms with Crippen LogP contribution in [-0.4, -0.2) is 23.9 Å². The van der Waals surface area contributed by atoms with Crippen LogP contribution in [0.1, 0.15) is 38.4 Å². The number of allylic oxidation sites excluding steroid dienone is 1. The molecular formula is C29H29Br2N3O6. The third-order valence-electron chi connectivity index (χ3n) is 6.34. The Hall–Kier alpha value is -3.70. The van der Waals surface area contributed by atoms with Crippen molar-refractivity contribution in [3.63, 3.8) is 0 Å². The molecule has 1 heterocycles. The summed E-state index contributed by atoms with van der Waals surface area (Å²) in [6.45, 7) is 3.98. The standard InChI is InChI=1S/C29H29Br2N3O6/c1-29(2,12-6-5-9-25(35)34-22-8-4-3-7-21(22)32)27(19-13-17(30)14-20(31)26(19)36)40-28(37)33-18-10-11-23-24(15-18)39-16-38-23/h3-5,7-11,13-15,27,36H,6,12,16,32H2,1-2H3,(H,33,37)(H,34,35)/b9-5+/t27-/m1/s1. The first kappa shape index (κ1) is 29.3. The summed E-state index contributed by atoms with van der Waals surface area (Å²) in [6, 6.07) is 15.5. The molecule has 5 N–H and O–H groups in total. The lowest BCUT2D eigenvalue weighted by Crippen LogP contribution is -2.29. The number of nitrogens with one attached hydrogen (secondary N) is 2. The Morgan fingerprint density at radius 3 is 2.62 bits per heavy atom. The maximum absolute atomic E-state index is 13.1. The molecule has 1 aliphatic heterocycles. The molecule has 0 unspecified atom stereocenters. The van der Waals surface area contributed by atoms with Crippen molar-refractivity contribution in [1.82, 2.24) is 0 Å². The van der Waals surface area contributed by atoms with Gasteiger partial charge in [0, 0.05) is 27.2 Å². The smallest absolute Gasteiger partial charge is 0.412 e. The molecule has 11 heteroatoms. The first-order valence-electron chi connectivity index (χ1n) is 12.4. The minimum Gasteiger partial charge on any atom is -0.506 e. The van der Waals surface area contributed by atoms with Gasteiger partial charge in [-0.05, 0) is 71.2 Å². The van der Waals surface area contributed by atoms with Crippen LogP contribution < -0.4 is 25.8 Å². The summed E-state index contributed by atoms with van der Waals surface area (Å²) in [7, 11) is 0. The van der Waals surface area contributed by atoms with Gasteiger partial charge in [-0.3, -0.25) is 10.1 Å². The molecular weight excluding hydrogens is 646 g/mol. The lowest BCUT2D eigenvalue weighted by atomic mass is 9.78. The van der Waals surface area contributed by atoms with Crippen molar-refractivity contribution in [2.45, 2.75) is 32.8 Å². The highest BCUT2D eigenvalue weighted by Gasteiger charge is 2.36. The van der Waals surface area contributed by atoms with E-state index in [4.69, 9.17) is 19.9 Å². The minimum atomic E-state index is -0.846. The van der Waals surface area contributed by atoms with Gasteiger partial charge in [0.2, 0.25) is 12.7 Å². The number of hydrogen-bond acceptors (Lipinski definition) is 7. The predicted molar refractivity (Wildman–Crippen MR) is 161 cm³/mol. The Bertz CT molecular complexity index is 1440. The molecule has 4 rings (SSSR count). The van der Waals surface area contributed by atoms with Crippen LogP contribution in [0.15, 0.2) is 75.7 Å². The lowest BCUT2D eigenvalue weighted by molar-refractivity contribution is -0.111. The minimum absolute atomic E-state index is 0.0347. The summed E-state index contributed by atoms with van der Waals surface area (Å²) in [4.78, 5) is 25.4. The number of nitrogen functional groups attached to an aromatic ring is 1. The number of halogens is 2. The predicted octanol–water partition coefficient (Wildman–Crippen LogP) is 7.52. The van der Waals surface area contributed by atoms with Gasteiger partial charge in [-0.2, -0.15) is 0 Å². The Morgan fingerprint density at radius 2 is 1.85 bits per heavy atom. The molecule has 0 radical (unpaired) electrons. The number of carbonyl (C=O) groups excluding carboxylic acids is 2. The van der Waals surface area contributed by atoms with Crippen molar-refractivity contribution in [3.05, 3.63) is 81.3 Å². The topological polar surface area (TPSA) is 132 Å². The van der Waals surface area contributed by atoms with Crippen LogP contribution in [0.25, 0.3) is 0 Å². The first-order valence-corrected chi connectivity index (χ1v) is 14.0. The number of carbonyl (C=O) groups is 2. The van der Waals surface area contributed by atoms with Gasteiger partial charge in [0.15, 0.2) is 11.5 Å². The van der Waals surface area contributed by atoms with Gasteiger partial charge in [-0.25, -0.2) is 4.79 Å². The van der Waals surface area contributed by atoms with E-state index in [0.717, 1.165) is 0 Å². The van der Waals surface area contributed by atoms with E-state index in [1.165, 1.54) is 6.08 Å². The molecule has 0 saturated heterocycles. The molecule has 3 aromatic rings. The largest absolute Gasteiger partial charge is 0.506 e. The van der Waals surface area contributed by atoms with Gasteiger partial charge in [-0.1, -0.05) is 48.0 Å². The SMILES string of the molecule is CC(C)(CC/C=C/C(=O)Nc1ccccc1N)[C@H](OC(=O)Nc1ccc2c(c1)OCO2)c1cc(Br)cc(Br)c1O. The number of ether oxygens (including phenoxy) is 3. The monoisotopic (exact) mass is 673 g/mol. The van der Waals surface area contributed by atoms with E-state index in [0.29, 0.717) is 55.9 Å². The number of hydrogen-bond donors (Lipinski definition) is 4. The highest BCUT2D eigenvalue weighted by molar-refractivity contribution is 9.11. The van der Waals surface area contributed by atoms with Crippen LogP contribution in [0.3, 0.4) is 0 Å². The van der Waals surface area contributed by atoms with Crippen molar-refractivity contribution in [2.75, 3.05) is 23.2 Å². The number of phenolic OH excluding ortho intramolecular Hbond substituents is 1. The van der Waals surface area contributed by atoms with Gasteiger partial charge in [0.05, 0.1) is 15.8 Å². The third kappa shape index (κ3) is 7.28. The zero-order chi connectivity index (χ0) is 28.9. The van der Waals surface area contributed by atoms with Crippen LogP contribution in [0.4, 0.5) is 21.9 Å². The highest BCUT2D eigenvalue weighted by atomic mass is 79.9. The van der Waals surface area contributed by atoms with Crippen molar-refractivity contribution in [3.8, 4) is 17.2 Å². The number of benzene rings is 3. The Labute approximate surface area is 248 Å². The average Bonchev–Trinajstić information content (AvgIpc) is 3.37. The maximum Gasteiger partial charge on any atom is 0.412 e. The maximum atomic E-state index is 13.1. The van der Waals surface area contributed by atoms with E-state index >= 15 is 0 Å². The fourth-order valence-corrected chi connectivity index (χ4v) is 5.48. The second-order valence-corrected chi connectivity index (χ2v) is 11.6. The molecule has 3 aromatic carbocycles. The molecule has 1 aliphatic rings. The zero-order valence-corrected chi connectivity index (χ0v) is 25.0.